The predicted octanol–water partition coefficient (Wildman–Crippen LogP) is 4.33. The molecular weight excluding hydrogens is 298 g/mol. The zero-order valence-electron chi connectivity index (χ0n) is 14.2. The molecule has 122 valence electrons. The zero-order valence-corrected chi connectivity index (χ0v) is 14.2. The summed E-state index contributed by atoms with van der Waals surface area (Å²) >= 11 is 0. The van der Waals surface area contributed by atoms with E-state index in [4.69, 9.17) is 0 Å². The molecule has 24 heavy (non-hydrogen) atoms. The summed E-state index contributed by atoms with van der Waals surface area (Å²) in [6.45, 7) is 6.95. The highest BCUT2D eigenvalue weighted by Gasteiger charge is 2.08. The van der Waals surface area contributed by atoms with Crippen molar-refractivity contribution in [2.45, 2.75) is 20.8 Å². The van der Waals surface area contributed by atoms with Gasteiger partial charge in [0.1, 0.15) is 5.82 Å². The third-order valence-electron chi connectivity index (χ3n) is 3.67. The molecule has 0 bridgehead atoms. The first kappa shape index (κ1) is 15.9. The van der Waals surface area contributed by atoms with E-state index in [1.54, 1.807) is 12.4 Å². The fraction of sp³-hybridized carbons (Fsp3) is 0.211. The summed E-state index contributed by atoms with van der Waals surface area (Å²) in [7, 11) is 0. The number of aryl methyl sites for hydroxylation is 2. The zero-order chi connectivity index (χ0) is 16.9. The minimum absolute atomic E-state index is 0.603. The summed E-state index contributed by atoms with van der Waals surface area (Å²) in [5, 5.41) is 6.60. The van der Waals surface area contributed by atoms with Gasteiger partial charge in [0.15, 0.2) is 0 Å². The molecule has 0 aliphatic carbocycles. The molecule has 3 rings (SSSR count). The second-order valence-corrected chi connectivity index (χ2v) is 5.68. The lowest BCUT2D eigenvalue weighted by Crippen LogP contribution is -2.06. The Bertz CT molecular complexity index is 830. The first-order valence-corrected chi connectivity index (χ1v) is 8.03. The molecule has 0 amide bonds. The molecule has 0 radical (unpaired) electrons. The summed E-state index contributed by atoms with van der Waals surface area (Å²) in [6, 6.07) is 12.2. The van der Waals surface area contributed by atoms with Crippen LogP contribution in [-0.4, -0.2) is 21.5 Å². The Morgan fingerprint density at radius 1 is 1.04 bits per heavy atom. The first-order valence-electron chi connectivity index (χ1n) is 8.03. The van der Waals surface area contributed by atoms with Crippen LogP contribution in [-0.2, 0) is 0 Å². The molecule has 0 atom stereocenters. The number of benzene rings is 1. The van der Waals surface area contributed by atoms with Gasteiger partial charge in [0.25, 0.3) is 0 Å². The minimum atomic E-state index is 0.603. The van der Waals surface area contributed by atoms with Crippen LogP contribution in [0.1, 0.15) is 18.1 Å². The molecule has 3 aromatic rings. The highest BCUT2D eigenvalue weighted by Crippen LogP contribution is 2.25. The van der Waals surface area contributed by atoms with Gasteiger partial charge in [-0.05, 0) is 50.1 Å². The molecule has 5 heteroatoms. The fourth-order valence-corrected chi connectivity index (χ4v) is 2.42. The lowest BCUT2D eigenvalue weighted by Gasteiger charge is -2.13. The molecule has 0 aliphatic rings. The Kier molecular flexibility index (Phi) is 4.70. The van der Waals surface area contributed by atoms with Gasteiger partial charge in [-0.1, -0.05) is 12.1 Å². The van der Waals surface area contributed by atoms with Gasteiger partial charge in [-0.25, -0.2) is 4.98 Å². The number of anilines is 3. The summed E-state index contributed by atoms with van der Waals surface area (Å²) in [5.74, 6) is 1.36. The van der Waals surface area contributed by atoms with Crippen molar-refractivity contribution >= 4 is 17.5 Å². The van der Waals surface area contributed by atoms with Gasteiger partial charge in [-0.15, -0.1) is 0 Å². The van der Waals surface area contributed by atoms with E-state index in [0.29, 0.717) is 5.95 Å². The molecule has 0 spiro atoms. The van der Waals surface area contributed by atoms with Crippen LogP contribution < -0.4 is 10.6 Å². The first-order chi connectivity index (χ1) is 11.7. The molecule has 2 aromatic heterocycles. The van der Waals surface area contributed by atoms with Crippen LogP contribution in [0.4, 0.5) is 17.5 Å². The lowest BCUT2D eigenvalue weighted by molar-refractivity contribution is 1.09. The van der Waals surface area contributed by atoms with Gasteiger partial charge in [0.2, 0.25) is 5.95 Å². The number of hydrogen-bond donors (Lipinski definition) is 2. The molecule has 0 unspecified atom stereocenters. The Balaban J connectivity index is 2.00. The molecule has 0 fully saturated rings. The van der Waals surface area contributed by atoms with Gasteiger partial charge in [-0.2, -0.15) is 4.98 Å². The molecule has 5 nitrogen and oxygen atoms in total. The van der Waals surface area contributed by atoms with Crippen LogP contribution in [0, 0.1) is 13.8 Å². The summed E-state index contributed by atoms with van der Waals surface area (Å²) in [6.07, 6.45) is 3.56. The van der Waals surface area contributed by atoms with Gasteiger partial charge in [0, 0.05) is 36.3 Å². The van der Waals surface area contributed by atoms with Gasteiger partial charge >= 0.3 is 0 Å². The SMILES string of the molecule is CCNc1nc(Nc2cc(C)ccc2C)cc(-c2cccnc2)n1. The van der Waals surface area contributed by atoms with Crippen molar-refractivity contribution in [3.63, 3.8) is 0 Å². The molecular formula is C19H21N5. The van der Waals surface area contributed by atoms with Crippen molar-refractivity contribution in [1.82, 2.24) is 15.0 Å². The maximum Gasteiger partial charge on any atom is 0.225 e. The topological polar surface area (TPSA) is 62.7 Å². The number of hydrogen-bond acceptors (Lipinski definition) is 5. The Morgan fingerprint density at radius 3 is 2.67 bits per heavy atom. The van der Waals surface area contributed by atoms with E-state index in [0.717, 1.165) is 29.3 Å². The van der Waals surface area contributed by atoms with E-state index in [1.807, 2.05) is 25.1 Å². The smallest absolute Gasteiger partial charge is 0.225 e. The third kappa shape index (κ3) is 3.68. The van der Waals surface area contributed by atoms with Crippen LogP contribution in [0.15, 0.2) is 48.8 Å². The maximum absolute atomic E-state index is 4.57. The van der Waals surface area contributed by atoms with E-state index < -0.39 is 0 Å². The average molecular weight is 319 g/mol. The van der Waals surface area contributed by atoms with Crippen LogP contribution in [0.2, 0.25) is 0 Å². The van der Waals surface area contributed by atoms with E-state index in [1.165, 1.54) is 11.1 Å². The van der Waals surface area contributed by atoms with E-state index in [2.05, 4.69) is 57.6 Å². The van der Waals surface area contributed by atoms with Gasteiger partial charge in [-0.3, -0.25) is 4.98 Å². The van der Waals surface area contributed by atoms with Crippen molar-refractivity contribution < 1.29 is 0 Å². The van der Waals surface area contributed by atoms with Gasteiger partial charge < -0.3 is 10.6 Å². The monoisotopic (exact) mass is 319 g/mol. The molecule has 0 saturated carbocycles. The highest BCUT2D eigenvalue weighted by molar-refractivity contribution is 5.68. The van der Waals surface area contributed by atoms with E-state index in [9.17, 15) is 0 Å². The second kappa shape index (κ2) is 7.08. The molecule has 1 aromatic carbocycles. The third-order valence-corrected chi connectivity index (χ3v) is 3.67. The van der Waals surface area contributed by atoms with E-state index >= 15 is 0 Å². The molecule has 2 heterocycles. The maximum atomic E-state index is 4.57. The number of nitrogens with one attached hydrogen (secondary N) is 2. The van der Waals surface area contributed by atoms with Crippen molar-refractivity contribution in [3.8, 4) is 11.3 Å². The Labute approximate surface area is 142 Å². The number of nitrogens with zero attached hydrogens (tertiary/aromatic N) is 3. The number of rotatable bonds is 5. The van der Waals surface area contributed by atoms with E-state index in [-0.39, 0.29) is 0 Å². The fourth-order valence-electron chi connectivity index (χ4n) is 2.42. The Hall–Kier alpha value is -2.95. The Morgan fingerprint density at radius 2 is 1.92 bits per heavy atom. The highest BCUT2D eigenvalue weighted by atomic mass is 15.1. The number of pyridine rings is 1. The summed E-state index contributed by atoms with van der Waals surface area (Å²) < 4.78 is 0. The summed E-state index contributed by atoms with van der Waals surface area (Å²) in [4.78, 5) is 13.3. The molecule has 0 saturated heterocycles. The van der Waals surface area contributed by atoms with Crippen LogP contribution >= 0.6 is 0 Å². The molecule has 0 aliphatic heterocycles. The standard InChI is InChI=1S/C19H21N5/c1-4-21-19-23-17(15-6-5-9-20-12-15)11-18(24-19)22-16-10-13(2)7-8-14(16)3/h5-12H,4H2,1-3H3,(H2,21,22,23,24). The largest absolute Gasteiger partial charge is 0.354 e. The van der Waals surface area contributed by atoms with Crippen molar-refractivity contribution in [1.29, 1.82) is 0 Å². The van der Waals surface area contributed by atoms with Crippen LogP contribution in [0.3, 0.4) is 0 Å². The summed E-state index contributed by atoms with van der Waals surface area (Å²) in [5.41, 5.74) is 5.22. The van der Waals surface area contributed by atoms with Crippen molar-refractivity contribution in [2.75, 3.05) is 17.2 Å². The minimum Gasteiger partial charge on any atom is -0.354 e. The second-order valence-electron chi connectivity index (χ2n) is 5.68. The average Bonchev–Trinajstić information content (AvgIpc) is 2.59. The quantitative estimate of drug-likeness (QED) is 0.733. The van der Waals surface area contributed by atoms with Gasteiger partial charge in [0.05, 0.1) is 5.69 Å². The van der Waals surface area contributed by atoms with Crippen LogP contribution in [0.25, 0.3) is 11.3 Å². The van der Waals surface area contributed by atoms with Crippen molar-refractivity contribution in [2.24, 2.45) is 0 Å². The predicted molar refractivity (Wildman–Crippen MR) is 98.6 cm³/mol. The molecule has 2 N–H and O–H groups in total. The lowest BCUT2D eigenvalue weighted by atomic mass is 10.1. The van der Waals surface area contributed by atoms with Crippen molar-refractivity contribution in [3.05, 3.63) is 59.9 Å². The normalized spacial score (nSPS) is 10.5. The van der Waals surface area contributed by atoms with Crippen LogP contribution in [0.5, 0.6) is 0 Å². The number of aromatic nitrogens is 3.